The molecule has 0 bridgehead atoms. The van der Waals surface area contributed by atoms with Gasteiger partial charge in [-0.1, -0.05) is 6.92 Å². The van der Waals surface area contributed by atoms with E-state index in [1.54, 1.807) is 13.8 Å². The molecule has 3 N–H and O–H groups in total. The average molecular weight is 206 g/mol. The summed E-state index contributed by atoms with van der Waals surface area (Å²) in [7, 11) is -0.826. The van der Waals surface area contributed by atoms with Gasteiger partial charge >= 0.3 is 0 Å². The molecule has 0 aromatic carbocycles. The van der Waals surface area contributed by atoms with Crippen molar-refractivity contribution < 1.29 is 9.00 Å². The molecule has 0 aliphatic rings. The van der Waals surface area contributed by atoms with E-state index in [0.29, 0.717) is 18.1 Å². The van der Waals surface area contributed by atoms with Crippen molar-refractivity contribution in [2.75, 3.05) is 18.1 Å². The fourth-order valence-corrected chi connectivity index (χ4v) is 1.27. The number of amides is 1. The molecule has 0 aliphatic heterocycles. The van der Waals surface area contributed by atoms with Gasteiger partial charge in [0.05, 0.1) is 5.54 Å². The molecule has 1 unspecified atom stereocenters. The summed E-state index contributed by atoms with van der Waals surface area (Å²) in [5.41, 5.74) is 4.69. The molecule has 0 fully saturated rings. The summed E-state index contributed by atoms with van der Waals surface area (Å²) in [5.74, 6) is 0.917. The molecule has 0 aliphatic carbocycles. The average Bonchev–Trinajstić information content (AvgIpc) is 2.02. The third-order valence-electron chi connectivity index (χ3n) is 1.52. The first kappa shape index (κ1) is 12.6. The lowest BCUT2D eigenvalue weighted by molar-refractivity contribution is -0.125. The summed E-state index contributed by atoms with van der Waals surface area (Å²) in [6.07, 6.45) is 0. The summed E-state index contributed by atoms with van der Waals surface area (Å²) in [5, 5.41) is 2.63. The van der Waals surface area contributed by atoms with Gasteiger partial charge in [-0.15, -0.1) is 0 Å². The van der Waals surface area contributed by atoms with Gasteiger partial charge in [-0.05, 0) is 13.8 Å². The normalized spacial score (nSPS) is 13.8. The number of carbonyl (C=O) groups excluding carboxylic acids is 1. The zero-order valence-corrected chi connectivity index (χ0v) is 9.24. The van der Waals surface area contributed by atoms with E-state index in [4.69, 9.17) is 5.73 Å². The van der Waals surface area contributed by atoms with E-state index in [0.717, 1.165) is 0 Å². The maximum absolute atomic E-state index is 11.2. The molecule has 0 spiro atoms. The van der Waals surface area contributed by atoms with Crippen molar-refractivity contribution in [1.82, 2.24) is 5.32 Å². The monoisotopic (exact) mass is 206 g/mol. The van der Waals surface area contributed by atoms with Gasteiger partial charge in [0.2, 0.25) is 5.91 Å². The Morgan fingerprint density at radius 1 is 1.54 bits per heavy atom. The van der Waals surface area contributed by atoms with Crippen LogP contribution >= 0.6 is 0 Å². The molecule has 0 radical (unpaired) electrons. The van der Waals surface area contributed by atoms with Crippen LogP contribution in [0.25, 0.3) is 0 Å². The first-order valence-corrected chi connectivity index (χ1v) is 5.79. The molecule has 0 rings (SSSR count). The van der Waals surface area contributed by atoms with E-state index in [-0.39, 0.29) is 5.91 Å². The predicted molar refractivity (Wildman–Crippen MR) is 54.8 cm³/mol. The molecular formula is C8H18N2O2S. The Kier molecular flexibility index (Phi) is 5.17. The molecule has 78 valence electrons. The lowest BCUT2D eigenvalue weighted by atomic mass is 10.1. The number of hydrogen-bond donors (Lipinski definition) is 2. The lowest BCUT2D eigenvalue weighted by Crippen LogP contribution is -2.49. The van der Waals surface area contributed by atoms with Gasteiger partial charge in [0.25, 0.3) is 0 Å². The van der Waals surface area contributed by atoms with E-state index in [9.17, 15) is 9.00 Å². The first-order valence-electron chi connectivity index (χ1n) is 4.30. The largest absolute Gasteiger partial charge is 0.354 e. The summed E-state index contributed by atoms with van der Waals surface area (Å²) in [6, 6.07) is 0. The van der Waals surface area contributed by atoms with Crippen molar-refractivity contribution >= 4 is 16.7 Å². The highest BCUT2D eigenvalue weighted by molar-refractivity contribution is 7.84. The minimum atomic E-state index is -0.853. The Hall–Kier alpha value is -0.420. The fraction of sp³-hybridized carbons (Fsp3) is 0.875. The van der Waals surface area contributed by atoms with Crippen LogP contribution in [0.2, 0.25) is 0 Å². The number of nitrogens with two attached hydrogens (primary N) is 1. The van der Waals surface area contributed by atoms with E-state index in [1.165, 1.54) is 0 Å². The Labute approximate surface area is 81.7 Å². The molecule has 0 aromatic heterocycles. The Morgan fingerprint density at radius 2 is 2.08 bits per heavy atom. The lowest BCUT2D eigenvalue weighted by Gasteiger charge is -2.17. The van der Waals surface area contributed by atoms with Crippen molar-refractivity contribution in [1.29, 1.82) is 0 Å². The quantitative estimate of drug-likeness (QED) is 0.643. The van der Waals surface area contributed by atoms with Crippen LogP contribution in [0.3, 0.4) is 0 Å². The molecule has 0 saturated carbocycles. The smallest absolute Gasteiger partial charge is 0.239 e. The summed E-state index contributed by atoms with van der Waals surface area (Å²) >= 11 is 0. The van der Waals surface area contributed by atoms with Gasteiger partial charge in [0.1, 0.15) is 0 Å². The Balaban J connectivity index is 3.67. The Bertz CT molecular complexity index is 199. The van der Waals surface area contributed by atoms with Crippen molar-refractivity contribution in [3.63, 3.8) is 0 Å². The summed E-state index contributed by atoms with van der Waals surface area (Å²) in [6.45, 7) is 5.56. The molecule has 0 saturated heterocycles. The van der Waals surface area contributed by atoms with Crippen LogP contribution in [-0.2, 0) is 15.6 Å². The van der Waals surface area contributed by atoms with Crippen molar-refractivity contribution in [3.8, 4) is 0 Å². The van der Waals surface area contributed by atoms with E-state index >= 15 is 0 Å². The molecule has 4 nitrogen and oxygen atoms in total. The maximum Gasteiger partial charge on any atom is 0.239 e. The van der Waals surface area contributed by atoms with Gasteiger partial charge in [-0.3, -0.25) is 9.00 Å². The second-order valence-corrected chi connectivity index (χ2v) is 5.28. The highest BCUT2D eigenvalue weighted by Crippen LogP contribution is 1.94. The Morgan fingerprint density at radius 3 is 2.46 bits per heavy atom. The highest BCUT2D eigenvalue weighted by Gasteiger charge is 2.20. The topological polar surface area (TPSA) is 72.2 Å². The highest BCUT2D eigenvalue weighted by atomic mass is 32.2. The van der Waals surface area contributed by atoms with Gasteiger partial charge in [-0.2, -0.15) is 0 Å². The zero-order chi connectivity index (χ0) is 10.5. The molecular weight excluding hydrogens is 188 g/mol. The van der Waals surface area contributed by atoms with Crippen LogP contribution in [0.15, 0.2) is 0 Å². The van der Waals surface area contributed by atoms with Crippen LogP contribution in [0.1, 0.15) is 20.8 Å². The van der Waals surface area contributed by atoms with Crippen LogP contribution < -0.4 is 11.1 Å². The molecule has 1 amide bonds. The van der Waals surface area contributed by atoms with Gasteiger partial charge in [0.15, 0.2) is 0 Å². The minimum absolute atomic E-state index is 0.208. The van der Waals surface area contributed by atoms with Crippen molar-refractivity contribution in [2.24, 2.45) is 5.73 Å². The fourth-order valence-electron chi connectivity index (χ4n) is 0.651. The third kappa shape index (κ3) is 5.76. The van der Waals surface area contributed by atoms with Gasteiger partial charge in [0, 0.05) is 28.9 Å². The van der Waals surface area contributed by atoms with Crippen molar-refractivity contribution in [3.05, 3.63) is 0 Å². The number of hydrogen-bond acceptors (Lipinski definition) is 3. The van der Waals surface area contributed by atoms with Crippen LogP contribution in [0, 0.1) is 0 Å². The molecule has 13 heavy (non-hydrogen) atoms. The number of carbonyl (C=O) groups is 1. The van der Waals surface area contributed by atoms with Gasteiger partial charge < -0.3 is 11.1 Å². The third-order valence-corrected chi connectivity index (χ3v) is 2.83. The molecule has 5 heteroatoms. The van der Waals surface area contributed by atoms with E-state index in [1.807, 2.05) is 6.92 Å². The summed E-state index contributed by atoms with van der Waals surface area (Å²) in [4.78, 5) is 11.2. The number of nitrogens with one attached hydrogen (secondary N) is 1. The number of rotatable bonds is 5. The van der Waals surface area contributed by atoms with Gasteiger partial charge in [-0.25, -0.2) is 0 Å². The standard InChI is InChI=1S/C8H18N2O2S/c1-4-13(12)6-5-10-7(11)8(2,3)9/h4-6,9H2,1-3H3,(H,10,11). The van der Waals surface area contributed by atoms with E-state index < -0.39 is 16.3 Å². The maximum atomic E-state index is 11.2. The first-order chi connectivity index (χ1) is 5.88. The second-order valence-electron chi connectivity index (χ2n) is 3.41. The molecule has 0 aromatic rings. The molecule has 1 atom stereocenters. The second kappa shape index (κ2) is 5.34. The van der Waals surface area contributed by atoms with Crippen molar-refractivity contribution in [2.45, 2.75) is 26.3 Å². The van der Waals surface area contributed by atoms with E-state index in [2.05, 4.69) is 5.32 Å². The predicted octanol–water partition coefficient (Wildman–Crippen LogP) is -0.391. The zero-order valence-electron chi connectivity index (χ0n) is 8.42. The van der Waals surface area contributed by atoms with Crippen LogP contribution in [0.4, 0.5) is 0 Å². The van der Waals surface area contributed by atoms with Crippen LogP contribution in [0.5, 0.6) is 0 Å². The van der Waals surface area contributed by atoms with Crippen LogP contribution in [-0.4, -0.2) is 33.7 Å². The SMILES string of the molecule is CCS(=O)CCNC(=O)C(C)(C)N. The minimum Gasteiger partial charge on any atom is -0.354 e. The summed E-state index contributed by atoms with van der Waals surface area (Å²) < 4.78 is 11.0. The molecule has 0 heterocycles.